The van der Waals surface area contributed by atoms with Crippen molar-refractivity contribution in [1.29, 1.82) is 0 Å². The van der Waals surface area contributed by atoms with Crippen molar-refractivity contribution in [3.63, 3.8) is 0 Å². The molecular formula is C18H28O5. The molecule has 23 heavy (non-hydrogen) atoms. The van der Waals surface area contributed by atoms with Crippen LogP contribution in [0.1, 0.15) is 25.7 Å². The number of hydrogen-bond donors (Lipinski definition) is 2. The minimum absolute atomic E-state index is 0.114. The van der Waals surface area contributed by atoms with Crippen LogP contribution in [0.15, 0.2) is 37.5 Å². The molecule has 0 radical (unpaired) electrons. The Labute approximate surface area is 138 Å². The molecule has 0 amide bonds. The molecule has 2 bridgehead atoms. The van der Waals surface area contributed by atoms with Crippen molar-refractivity contribution in [3.8, 4) is 0 Å². The Morgan fingerprint density at radius 1 is 1.04 bits per heavy atom. The molecule has 2 aliphatic rings. The molecule has 0 aromatic rings. The van der Waals surface area contributed by atoms with Gasteiger partial charge in [0.1, 0.15) is 6.10 Å². The van der Waals surface area contributed by atoms with Crippen LogP contribution < -0.4 is 0 Å². The zero-order valence-corrected chi connectivity index (χ0v) is 13.5. The zero-order valence-electron chi connectivity index (χ0n) is 13.5. The average molecular weight is 324 g/mol. The lowest BCUT2D eigenvalue weighted by Crippen LogP contribution is -2.49. The Bertz CT molecular complexity index is 408. The van der Waals surface area contributed by atoms with Gasteiger partial charge in [0, 0.05) is 6.42 Å². The van der Waals surface area contributed by atoms with E-state index in [1.807, 2.05) is 12.2 Å². The Balaban J connectivity index is 2.13. The van der Waals surface area contributed by atoms with E-state index < -0.39 is 12.2 Å². The topological polar surface area (TPSA) is 68.2 Å². The van der Waals surface area contributed by atoms with E-state index in [1.54, 1.807) is 12.2 Å². The van der Waals surface area contributed by atoms with Crippen LogP contribution in [-0.4, -0.2) is 60.1 Å². The van der Waals surface area contributed by atoms with Crippen LogP contribution in [0, 0.1) is 0 Å². The summed E-state index contributed by atoms with van der Waals surface area (Å²) in [6.07, 6.45) is 7.45. The second kappa shape index (κ2) is 9.35. The first-order chi connectivity index (χ1) is 11.2. The van der Waals surface area contributed by atoms with Crippen LogP contribution in [0.5, 0.6) is 0 Å². The van der Waals surface area contributed by atoms with Gasteiger partial charge in [-0.25, -0.2) is 0 Å². The molecule has 2 heterocycles. The molecule has 2 N–H and O–H groups in total. The van der Waals surface area contributed by atoms with Gasteiger partial charge in [0.05, 0.1) is 43.7 Å². The van der Waals surface area contributed by atoms with Gasteiger partial charge >= 0.3 is 0 Å². The van der Waals surface area contributed by atoms with Crippen molar-refractivity contribution in [2.45, 2.75) is 62.3 Å². The Morgan fingerprint density at radius 3 is 2.43 bits per heavy atom. The third-order valence-electron chi connectivity index (χ3n) is 4.33. The summed E-state index contributed by atoms with van der Waals surface area (Å²) in [5.74, 6) is 0. The Kier molecular flexibility index (Phi) is 7.46. The van der Waals surface area contributed by atoms with Crippen molar-refractivity contribution in [2.24, 2.45) is 0 Å². The van der Waals surface area contributed by atoms with Crippen LogP contribution in [0.2, 0.25) is 0 Å². The molecule has 0 saturated carbocycles. The summed E-state index contributed by atoms with van der Waals surface area (Å²) in [4.78, 5) is 0. The van der Waals surface area contributed by atoms with Crippen molar-refractivity contribution >= 4 is 0 Å². The van der Waals surface area contributed by atoms with E-state index in [-0.39, 0.29) is 24.4 Å². The lowest BCUT2D eigenvalue weighted by molar-refractivity contribution is -0.182. The largest absolute Gasteiger partial charge is 0.390 e. The van der Waals surface area contributed by atoms with Gasteiger partial charge in [0.2, 0.25) is 0 Å². The molecule has 5 heteroatoms. The van der Waals surface area contributed by atoms with Crippen molar-refractivity contribution in [2.75, 3.05) is 13.2 Å². The van der Waals surface area contributed by atoms with Crippen LogP contribution in [0.25, 0.3) is 0 Å². The number of hydrogen-bond acceptors (Lipinski definition) is 5. The van der Waals surface area contributed by atoms with Crippen LogP contribution in [0.3, 0.4) is 0 Å². The predicted octanol–water partition coefficient (Wildman–Crippen LogP) is 1.75. The molecule has 0 spiro atoms. The van der Waals surface area contributed by atoms with Crippen molar-refractivity contribution in [1.82, 2.24) is 0 Å². The zero-order chi connectivity index (χ0) is 16.7. The fourth-order valence-corrected chi connectivity index (χ4v) is 3.07. The van der Waals surface area contributed by atoms with Gasteiger partial charge in [0.15, 0.2) is 0 Å². The molecule has 2 unspecified atom stereocenters. The van der Waals surface area contributed by atoms with Gasteiger partial charge in [0.25, 0.3) is 0 Å². The minimum Gasteiger partial charge on any atom is -0.390 e. The van der Waals surface area contributed by atoms with Crippen LogP contribution in [0.4, 0.5) is 0 Å². The lowest BCUT2D eigenvalue weighted by Gasteiger charge is -2.41. The maximum atomic E-state index is 9.99. The van der Waals surface area contributed by atoms with E-state index in [0.717, 1.165) is 6.42 Å². The highest BCUT2D eigenvalue weighted by Crippen LogP contribution is 2.30. The molecule has 0 aromatic carbocycles. The highest BCUT2D eigenvalue weighted by molar-refractivity contribution is 5.01. The van der Waals surface area contributed by atoms with Crippen LogP contribution >= 0.6 is 0 Å². The number of aliphatic hydroxyl groups is 2. The first-order valence-electron chi connectivity index (χ1n) is 8.29. The summed E-state index contributed by atoms with van der Waals surface area (Å²) >= 11 is 0. The van der Waals surface area contributed by atoms with E-state index in [4.69, 9.17) is 14.2 Å². The van der Waals surface area contributed by atoms with E-state index in [9.17, 15) is 10.2 Å². The van der Waals surface area contributed by atoms with Gasteiger partial charge < -0.3 is 24.4 Å². The molecule has 130 valence electrons. The highest BCUT2D eigenvalue weighted by Gasteiger charge is 2.38. The number of rotatable bonds is 6. The molecule has 6 atom stereocenters. The molecular weight excluding hydrogens is 296 g/mol. The van der Waals surface area contributed by atoms with Crippen molar-refractivity contribution in [3.05, 3.63) is 37.5 Å². The summed E-state index contributed by atoms with van der Waals surface area (Å²) in [7, 11) is 0. The number of fused-ring (bicyclic) bond motifs is 2. The third-order valence-corrected chi connectivity index (χ3v) is 4.33. The van der Waals surface area contributed by atoms with Crippen LogP contribution in [-0.2, 0) is 14.2 Å². The van der Waals surface area contributed by atoms with Gasteiger partial charge in [-0.1, -0.05) is 24.3 Å². The van der Waals surface area contributed by atoms with E-state index >= 15 is 0 Å². The second-order valence-corrected chi connectivity index (χ2v) is 6.07. The molecule has 0 aliphatic carbocycles. The standard InChI is InChI=1S/C18H28O5/c1-3-10-21-17-12-18(22-11-4-2)16-9-8-14(20)13(19)6-5-7-15(17)23-16/h3-5,7,13-20H,1-2,6,8-12H2/b7-5-/t13?,14?,15-,16+,17+,18-/m0/s1. The fourth-order valence-electron chi connectivity index (χ4n) is 3.07. The van der Waals surface area contributed by atoms with Gasteiger partial charge in [-0.05, 0) is 19.3 Å². The summed E-state index contributed by atoms with van der Waals surface area (Å²) in [5.41, 5.74) is 0. The molecule has 1 fully saturated rings. The Morgan fingerprint density at radius 2 is 1.74 bits per heavy atom. The minimum atomic E-state index is -0.745. The average Bonchev–Trinajstić information content (AvgIpc) is 2.56. The lowest BCUT2D eigenvalue weighted by atomic mass is 9.91. The van der Waals surface area contributed by atoms with E-state index in [0.29, 0.717) is 32.5 Å². The molecule has 5 nitrogen and oxygen atoms in total. The van der Waals surface area contributed by atoms with E-state index in [1.165, 1.54) is 0 Å². The third kappa shape index (κ3) is 5.26. The maximum absolute atomic E-state index is 9.99. The Hall–Kier alpha value is -0.980. The van der Waals surface area contributed by atoms with Gasteiger partial charge in [-0.15, -0.1) is 13.2 Å². The normalized spacial score (nSPS) is 39.4. The number of aliphatic hydroxyl groups excluding tert-OH is 2. The quantitative estimate of drug-likeness (QED) is 0.729. The van der Waals surface area contributed by atoms with Gasteiger partial charge in [-0.2, -0.15) is 0 Å². The first-order valence-corrected chi connectivity index (χ1v) is 8.29. The summed E-state index contributed by atoms with van der Waals surface area (Å²) < 4.78 is 17.8. The molecule has 1 saturated heterocycles. The maximum Gasteiger partial charge on any atom is 0.102 e. The highest BCUT2D eigenvalue weighted by atomic mass is 16.6. The predicted molar refractivity (Wildman–Crippen MR) is 88.2 cm³/mol. The summed E-state index contributed by atoms with van der Waals surface area (Å²) in [6.45, 7) is 8.27. The number of ether oxygens (including phenoxy) is 3. The van der Waals surface area contributed by atoms with Gasteiger partial charge in [-0.3, -0.25) is 0 Å². The molecule has 2 rings (SSSR count). The molecule has 0 aromatic heterocycles. The smallest absolute Gasteiger partial charge is 0.102 e. The first kappa shape index (κ1) is 18.4. The second-order valence-electron chi connectivity index (χ2n) is 6.07. The summed E-state index contributed by atoms with van der Waals surface area (Å²) in [5, 5.41) is 19.9. The molecule has 2 aliphatic heterocycles. The van der Waals surface area contributed by atoms with E-state index in [2.05, 4.69) is 13.2 Å². The summed E-state index contributed by atoms with van der Waals surface area (Å²) in [6, 6.07) is 0. The monoisotopic (exact) mass is 324 g/mol. The SMILES string of the molecule is C=CCO[C@H]1C[C@@H](OCC=C)[C@@H]2/C=C\CC(O)C(O)CC[C@H]1O2. The fraction of sp³-hybridized carbons (Fsp3) is 0.667. The van der Waals surface area contributed by atoms with Crippen molar-refractivity contribution < 1.29 is 24.4 Å².